The van der Waals surface area contributed by atoms with E-state index < -0.39 is 10.1 Å². The third-order valence-corrected chi connectivity index (χ3v) is 4.09. The van der Waals surface area contributed by atoms with Crippen LogP contribution >= 0.6 is 0 Å². The Kier molecular flexibility index (Phi) is 5.68. The van der Waals surface area contributed by atoms with Crippen molar-refractivity contribution in [2.75, 3.05) is 5.73 Å². The Morgan fingerprint density at radius 2 is 1.75 bits per heavy atom. The molecular formula is C15H11N4NaO3S. The summed E-state index contributed by atoms with van der Waals surface area (Å²) in [7, 11) is -4.67. The van der Waals surface area contributed by atoms with Gasteiger partial charge < -0.3 is 10.3 Å². The number of benzene rings is 2. The minimum absolute atomic E-state index is 0. The van der Waals surface area contributed by atoms with Crippen molar-refractivity contribution in [2.45, 2.75) is 4.90 Å². The molecule has 0 aliphatic heterocycles. The zero-order chi connectivity index (χ0) is 16.4. The fourth-order valence-electron chi connectivity index (χ4n) is 2.16. The van der Waals surface area contributed by atoms with Gasteiger partial charge in [-0.05, 0) is 18.2 Å². The molecule has 0 amide bonds. The van der Waals surface area contributed by atoms with Gasteiger partial charge in [0.25, 0.3) is 0 Å². The van der Waals surface area contributed by atoms with E-state index in [4.69, 9.17) is 5.73 Å². The molecule has 0 spiro atoms. The van der Waals surface area contributed by atoms with Crippen LogP contribution in [-0.4, -0.2) is 18.0 Å². The SMILES string of the molecule is Nc1c(N=Nc2cccnc2)cc(S(=O)(=O)[O-])c2ccccc12.[Na+]. The second kappa shape index (κ2) is 7.37. The number of anilines is 1. The summed E-state index contributed by atoms with van der Waals surface area (Å²) in [5.74, 6) is 0. The van der Waals surface area contributed by atoms with E-state index in [2.05, 4.69) is 15.2 Å². The molecule has 0 saturated carbocycles. The number of pyridine rings is 1. The summed E-state index contributed by atoms with van der Waals surface area (Å²) < 4.78 is 34.5. The van der Waals surface area contributed by atoms with Gasteiger partial charge >= 0.3 is 29.6 Å². The second-order valence-corrected chi connectivity index (χ2v) is 6.07. The molecule has 116 valence electrons. The number of nitrogens with zero attached hydrogens (tertiary/aromatic N) is 3. The molecule has 0 atom stereocenters. The van der Waals surface area contributed by atoms with E-state index in [-0.39, 0.29) is 51.2 Å². The molecule has 1 heterocycles. The standard InChI is InChI=1S/C15H12N4O3S.Na/c16-15-12-6-2-1-5-11(12)14(23(20,21)22)8-13(15)19-18-10-4-3-7-17-9-10;/h1-9H,16H2,(H,20,21,22);/q;+1/p-1. The first-order valence-corrected chi connectivity index (χ1v) is 7.96. The van der Waals surface area contributed by atoms with Crippen LogP contribution in [0.2, 0.25) is 0 Å². The number of azo groups is 1. The average Bonchev–Trinajstić information content (AvgIpc) is 2.54. The van der Waals surface area contributed by atoms with Gasteiger partial charge in [-0.15, -0.1) is 10.2 Å². The quantitative estimate of drug-likeness (QED) is 0.312. The molecule has 0 fully saturated rings. The summed E-state index contributed by atoms with van der Waals surface area (Å²) >= 11 is 0. The maximum atomic E-state index is 11.5. The van der Waals surface area contributed by atoms with Gasteiger partial charge in [0.05, 0.1) is 16.8 Å². The van der Waals surface area contributed by atoms with Gasteiger partial charge in [0.15, 0.2) is 0 Å². The van der Waals surface area contributed by atoms with Gasteiger partial charge in [0.1, 0.15) is 21.5 Å². The van der Waals surface area contributed by atoms with Crippen LogP contribution in [0.25, 0.3) is 10.8 Å². The number of nitrogens with two attached hydrogens (primary N) is 1. The smallest absolute Gasteiger partial charge is 0.744 e. The van der Waals surface area contributed by atoms with Crippen molar-refractivity contribution >= 4 is 38.0 Å². The molecule has 2 N–H and O–H groups in total. The Morgan fingerprint density at radius 3 is 2.38 bits per heavy atom. The predicted octanol–water partition coefficient (Wildman–Crippen LogP) is 0.140. The number of rotatable bonds is 3. The number of hydrogen-bond acceptors (Lipinski definition) is 7. The Labute approximate surface area is 160 Å². The van der Waals surface area contributed by atoms with Gasteiger partial charge in [0.2, 0.25) is 0 Å². The maximum absolute atomic E-state index is 11.5. The van der Waals surface area contributed by atoms with Gasteiger partial charge in [-0.3, -0.25) is 4.98 Å². The molecule has 0 aliphatic rings. The third kappa shape index (κ3) is 3.80. The maximum Gasteiger partial charge on any atom is 1.00 e. The van der Waals surface area contributed by atoms with Crippen molar-refractivity contribution in [1.82, 2.24) is 4.98 Å². The Balaban J connectivity index is 0.00000208. The van der Waals surface area contributed by atoms with Gasteiger partial charge in [-0.1, -0.05) is 24.3 Å². The number of nitrogen functional groups attached to an aromatic ring is 1. The van der Waals surface area contributed by atoms with Crippen molar-refractivity contribution in [2.24, 2.45) is 10.2 Å². The molecule has 7 nitrogen and oxygen atoms in total. The Morgan fingerprint density at radius 1 is 1.04 bits per heavy atom. The summed E-state index contributed by atoms with van der Waals surface area (Å²) in [4.78, 5) is 3.52. The molecule has 2 aromatic carbocycles. The van der Waals surface area contributed by atoms with Crippen LogP contribution in [-0.2, 0) is 10.1 Å². The van der Waals surface area contributed by atoms with Gasteiger partial charge in [0, 0.05) is 17.0 Å². The zero-order valence-corrected chi connectivity index (χ0v) is 15.6. The monoisotopic (exact) mass is 350 g/mol. The van der Waals surface area contributed by atoms with Crippen LogP contribution in [0, 0.1) is 0 Å². The molecule has 0 saturated heterocycles. The van der Waals surface area contributed by atoms with Crippen molar-refractivity contribution in [3.8, 4) is 0 Å². The molecular weight excluding hydrogens is 339 g/mol. The second-order valence-electron chi connectivity index (χ2n) is 4.72. The van der Waals surface area contributed by atoms with Crippen molar-refractivity contribution < 1.29 is 42.5 Å². The topological polar surface area (TPSA) is 121 Å². The first-order chi connectivity index (χ1) is 11.0. The Bertz CT molecular complexity index is 1010. The van der Waals surface area contributed by atoms with Crippen LogP contribution in [0.15, 0.2) is 70.0 Å². The van der Waals surface area contributed by atoms with Crippen molar-refractivity contribution in [3.63, 3.8) is 0 Å². The third-order valence-electron chi connectivity index (χ3n) is 3.21. The average molecular weight is 350 g/mol. The van der Waals surface area contributed by atoms with Crippen LogP contribution < -0.4 is 35.3 Å². The van der Waals surface area contributed by atoms with E-state index in [9.17, 15) is 13.0 Å². The molecule has 24 heavy (non-hydrogen) atoms. The molecule has 0 bridgehead atoms. The van der Waals surface area contributed by atoms with E-state index in [0.29, 0.717) is 11.1 Å². The zero-order valence-electron chi connectivity index (χ0n) is 12.7. The van der Waals surface area contributed by atoms with Crippen molar-refractivity contribution in [1.29, 1.82) is 0 Å². The van der Waals surface area contributed by atoms with Crippen LogP contribution in [0.4, 0.5) is 17.1 Å². The van der Waals surface area contributed by atoms with E-state index in [1.165, 1.54) is 12.3 Å². The largest absolute Gasteiger partial charge is 1.00 e. The fraction of sp³-hybridized carbons (Fsp3) is 0. The molecule has 0 radical (unpaired) electrons. The fourth-order valence-corrected chi connectivity index (χ4v) is 2.87. The van der Waals surface area contributed by atoms with E-state index in [1.807, 2.05) is 0 Å². The summed E-state index contributed by atoms with van der Waals surface area (Å²) in [5.41, 5.74) is 6.87. The van der Waals surface area contributed by atoms with Crippen molar-refractivity contribution in [3.05, 3.63) is 54.9 Å². The molecule has 3 rings (SSSR count). The predicted molar refractivity (Wildman–Crippen MR) is 84.7 cm³/mol. The number of fused-ring (bicyclic) bond motifs is 1. The summed E-state index contributed by atoms with van der Waals surface area (Å²) in [6.07, 6.45) is 3.08. The van der Waals surface area contributed by atoms with Gasteiger partial charge in [-0.2, -0.15) is 0 Å². The summed E-state index contributed by atoms with van der Waals surface area (Å²) in [6.45, 7) is 0. The first-order valence-electron chi connectivity index (χ1n) is 6.56. The normalized spacial score (nSPS) is 11.5. The van der Waals surface area contributed by atoms with Gasteiger partial charge in [-0.25, -0.2) is 8.42 Å². The molecule has 0 unspecified atom stereocenters. The van der Waals surface area contributed by atoms with E-state index in [0.717, 1.165) is 6.07 Å². The van der Waals surface area contributed by atoms with E-state index >= 15 is 0 Å². The van der Waals surface area contributed by atoms with Crippen LogP contribution in [0.3, 0.4) is 0 Å². The summed E-state index contributed by atoms with van der Waals surface area (Å²) in [5, 5.41) is 8.61. The number of aromatic nitrogens is 1. The molecule has 0 aliphatic carbocycles. The minimum atomic E-state index is -4.67. The Hall–Kier alpha value is -1.84. The molecule has 3 aromatic rings. The van der Waals surface area contributed by atoms with E-state index in [1.54, 1.807) is 36.5 Å². The first kappa shape index (κ1) is 18.5. The molecule has 9 heteroatoms. The number of hydrogen-bond donors (Lipinski definition) is 1. The molecule has 1 aromatic heterocycles. The van der Waals surface area contributed by atoms with Crippen LogP contribution in [0.1, 0.15) is 0 Å². The summed E-state index contributed by atoms with van der Waals surface area (Å²) in [6, 6.07) is 11.0. The van der Waals surface area contributed by atoms with Crippen LogP contribution in [0.5, 0.6) is 0 Å². The minimum Gasteiger partial charge on any atom is -0.744 e.